The van der Waals surface area contributed by atoms with E-state index in [-0.39, 0.29) is 23.8 Å². The Morgan fingerprint density at radius 2 is 1.81 bits per heavy atom. The lowest BCUT2D eigenvalue weighted by Gasteiger charge is -2.26. The van der Waals surface area contributed by atoms with Crippen molar-refractivity contribution in [3.8, 4) is 0 Å². The predicted octanol–water partition coefficient (Wildman–Crippen LogP) is 0.417. The molecule has 144 valence electrons. The third-order valence-corrected chi connectivity index (χ3v) is 5.66. The Morgan fingerprint density at radius 3 is 2.42 bits per heavy atom. The fraction of sp³-hybridized carbons (Fsp3) is 0.500. The Balaban J connectivity index is 1.85. The van der Waals surface area contributed by atoms with Gasteiger partial charge in [-0.3, -0.25) is 10.2 Å². The lowest BCUT2D eigenvalue weighted by molar-refractivity contribution is -0.121. The molecule has 1 aromatic rings. The van der Waals surface area contributed by atoms with Crippen LogP contribution < -0.4 is 10.9 Å². The minimum Gasteiger partial charge on any atom is -0.449 e. The number of ether oxygens (including phenoxy) is 2. The van der Waals surface area contributed by atoms with E-state index in [1.807, 2.05) is 0 Å². The molecule has 1 fully saturated rings. The molecule has 2 rings (SSSR count). The van der Waals surface area contributed by atoms with Gasteiger partial charge in [0.25, 0.3) is 0 Å². The van der Waals surface area contributed by atoms with E-state index in [0.717, 1.165) is 5.56 Å². The maximum Gasteiger partial charge on any atom is 0.426 e. The van der Waals surface area contributed by atoms with Crippen LogP contribution in [0.5, 0.6) is 0 Å². The summed E-state index contributed by atoms with van der Waals surface area (Å²) >= 11 is 0. The summed E-state index contributed by atoms with van der Waals surface area (Å²) in [6.07, 6.45) is -0.172. The third kappa shape index (κ3) is 5.68. The van der Waals surface area contributed by atoms with Gasteiger partial charge in [-0.1, -0.05) is 12.1 Å². The average Bonchev–Trinajstić information content (AvgIpc) is 2.66. The van der Waals surface area contributed by atoms with Gasteiger partial charge in [-0.2, -0.15) is 4.31 Å². The van der Waals surface area contributed by atoms with Crippen molar-refractivity contribution in [1.29, 1.82) is 0 Å². The second kappa shape index (κ2) is 9.51. The van der Waals surface area contributed by atoms with Crippen LogP contribution in [0.15, 0.2) is 29.2 Å². The van der Waals surface area contributed by atoms with E-state index in [2.05, 4.69) is 15.6 Å². The highest BCUT2D eigenvalue weighted by Gasteiger charge is 2.26. The number of hydrazine groups is 1. The van der Waals surface area contributed by atoms with Crippen LogP contribution in [-0.4, -0.2) is 57.6 Å². The number of morpholine rings is 1. The van der Waals surface area contributed by atoms with Crippen molar-refractivity contribution in [2.75, 3.05) is 32.9 Å². The standard InChI is InChI=1S/C16H23N3O6S/c1-2-25-16(21)18-17-15(20)8-5-13-3-6-14(7-4-13)26(22,23)19-9-11-24-12-10-19/h3-4,6-7H,2,5,8-12H2,1H3,(H,17,20)(H,18,21). The third-order valence-electron chi connectivity index (χ3n) is 3.75. The molecular weight excluding hydrogens is 362 g/mol. The molecule has 26 heavy (non-hydrogen) atoms. The van der Waals surface area contributed by atoms with Gasteiger partial charge in [0.1, 0.15) is 0 Å². The van der Waals surface area contributed by atoms with Crippen molar-refractivity contribution in [1.82, 2.24) is 15.2 Å². The van der Waals surface area contributed by atoms with Gasteiger partial charge in [-0.15, -0.1) is 0 Å². The maximum atomic E-state index is 12.5. The smallest absolute Gasteiger partial charge is 0.426 e. The molecule has 0 aromatic heterocycles. The molecule has 1 aromatic carbocycles. The van der Waals surface area contributed by atoms with Gasteiger partial charge in [-0.25, -0.2) is 18.6 Å². The van der Waals surface area contributed by atoms with Crippen LogP contribution in [0.3, 0.4) is 0 Å². The summed E-state index contributed by atoms with van der Waals surface area (Å²) in [6, 6.07) is 6.43. The summed E-state index contributed by atoms with van der Waals surface area (Å²) in [6.45, 7) is 3.35. The Hall–Kier alpha value is -2.17. The number of carbonyl (C=O) groups is 2. The molecule has 9 nitrogen and oxygen atoms in total. The highest BCUT2D eigenvalue weighted by atomic mass is 32.2. The maximum absolute atomic E-state index is 12.5. The average molecular weight is 385 g/mol. The molecule has 1 heterocycles. The van der Waals surface area contributed by atoms with E-state index in [1.54, 1.807) is 19.1 Å². The number of nitrogens with zero attached hydrogens (tertiary/aromatic N) is 1. The molecule has 1 aliphatic rings. The van der Waals surface area contributed by atoms with Crippen LogP contribution in [0.2, 0.25) is 0 Å². The Labute approximate surface area is 152 Å². The second-order valence-electron chi connectivity index (χ2n) is 5.55. The Bertz CT molecular complexity index is 714. The molecule has 0 radical (unpaired) electrons. The van der Waals surface area contributed by atoms with Crippen LogP contribution in [-0.2, 0) is 30.7 Å². The molecule has 0 atom stereocenters. The summed E-state index contributed by atoms with van der Waals surface area (Å²) < 4.78 is 36.2. The zero-order valence-corrected chi connectivity index (χ0v) is 15.4. The van der Waals surface area contributed by atoms with Crippen LogP contribution in [0.1, 0.15) is 18.9 Å². The molecule has 0 bridgehead atoms. The lowest BCUT2D eigenvalue weighted by Crippen LogP contribution is -2.42. The van der Waals surface area contributed by atoms with E-state index < -0.39 is 16.1 Å². The number of sulfonamides is 1. The van der Waals surface area contributed by atoms with Crippen LogP contribution in [0, 0.1) is 0 Å². The number of hydrogen-bond acceptors (Lipinski definition) is 6. The van der Waals surface area contributed by atoms with E-state index >= 15 is 0 Å². The Morgan fingerprint density at radius 1 is 1.15 bits per heavy atom. The summed E-state index contributed by atoms with van der Waals surface area (Å²) in [4.78, 5) is 22.9. The van der Waals surface area contributed by atoms with Gasteiger partial charge < -0.3 is 9.47 Å². The molecule has 1 saturated heterocycles. The first-order valence-electron chi connectivity index (χ1n) is 8.32. The monoisotopic (exact) mass is 385 g/mol. The van der Waals surface area contributed by atoms with Crippen LogP contribution in [0.4, 0.5) is 4.79 Å². The first kappa shape index (κ1) is 20.1. The van der Waals surface area contributed by atoms with E-state index in [4.69, 9.17) is 4.74 Å². The number of carbonyl (C=O) groups excluding carboxylic acids is 2. The zero-order valence-electron chi connectivity index (χ0n) is 14.6. The lowest BCUT2D eigenvalue weighted by atomic mass is 10.1. The Kier molecular flexibility index (Phi) is 7.37. The van der Waals surface area contributed by atoms with Crippen molar-refractivity contribution in [2.24, 2.45) is 0 Å². The fourth-order valence-electron chi connectivity index (χ4n) is 2.37. The summed E-state index contributed by atoms with van der Waals surface area (Å²) in [7, 11) is -3.52. The topological polar surface area (TPSA) is 114 Å². The number of rotatable bonds is 6. The van der Waals surface area contributed by atoms with Crippen molar-refractivity contribution in [3.63, 3.8) is 0 Å². The van der Waals surface area contributed by atoms with Gasteiger partial charge in [-0.05, 0) is 31.0 Å². The van der Waals surface area contributed by atoms with Gasteiger partial charge in [0.05, 0.1) is 24.7 Å². The molecule has 0 unspecified atom stereocenters. The molecule has 2 N–H and O–H groups in total. The van der Waals surface area contributed by atoms with E-state index in [0.29, 0.717) is 32.7 Å². The molecule has 0 saturated carbocycles. The summed E-state index contributed by atoms with van der Waals surface area (Å²) in [5.74, 6) is -0.372. The van der Waals surface area contributed by atoms with Crippen molar-refractivity contribution in [3.05, 3.63) is 29.8 Å². The van der Waals surface area contributed by atoms with E-state index in [1.165, 1.54) is 16.4 Å². The minimum atomic E-state index is -3.52. The van der Waals surface area contributed by atoms with Gasteiger partial charge in [0.2, 0.25) is 15.9 Å². The molecule has 0 aliphatic carbocycles. The number of aryl methyl sites for hydroxylation is 1. The zero-order chi connectivity index (χ0) is 19.0. The number of hydrogen-bond donors (Lipinski definition) is 2. The quantitative estimate of drug-likeness (QED) is 0.686. The highest BCUT2D eigenvalue weighted by Crippen LogP contribution is 2.18. The SMILES string of the molecule is CCOC(=O)NNC(=O)CCc1ccc(S(=O)(=O)N2CCOCC2)cc1. The summed E-state index contributed by atoms with van der Waals surface area (Å²) in [5.41, 5.74) is 5.18. The largest absolute Gasteiger partial charge is 0.449 e. The highest BCUT2D eigenvalue weighted by molar-refractivity contribution is 7.89. The van der Waals surface area contributed by atoms with Crippen LogP contribution in [0.25, 0.3) is 0 Å². The van der Waals surface area contributed by atoms with Crippen molar-refractivity contribution in [2.45, 2.75) is 24.7 Å². The molecule has 0 spiro atoms. The van der Waals surface area contributed by atoms with Crippen molar-refractivity contribution >= 4 is 22.0 Å². The summed E-state index contributed by atoms with van der Waals surface area (Å²) in [5, 5.41) is 0. The first-order chi connectivity index (χ1) is 12.4. The molecule has 2 amide bonds. The number of benzene rings is 1. The fourth-order valence-corrected chi connectivity index (χ4v) is 3.78. The molecule has 1 aliphatic heterocycles. The van der Waals surface area contributed by atoms with Crippen LogP contribution >= 0.6 is 0 Å². The van der Waals surface area contributed by atoms with Gasteiger partial charge in [0.15, 0.2) is 0 Å². The van der Waals surface area contributed by atoms with Crippen molar-refractivity contribution < 1.29 is 27.5 Å². The predicted molar refractivity (Wildman–Crippen MR) is 92.6 cm³/mol. The first-order valence-corrected chi connectivity index (χ1v) is 9.76. The van der Waals surface area contributed by atoms with Gasteiger partial charge in [0, 0.05) is 19.5 Å². The normalized spacial score (nSPS) is 15.3. The molecule has 10 heteroatoms. The second-order valence-corrected chi connectivity index (χ2v) is 7.49. The van der Waals surface area contributed by atoms with E-state index in [9.17, 15) is 18.0 Å². The number of amides is 2. The number of nitrogens with one attached hydrogen (secondary N) is 2. The molecular formula is C16H23N3O6S. The minimum absolute atomic E-state index is 0.141. The van der Waals surface area contributed by atoms with Gasteiger partial charge >= 0.3 is 6.09 Å².